The molecular formula is C18H22N2O3. The normalized spacial score (nSPS) is 15.5. The van der Waals surface area contributed by atoms with Gasteiger partial charge >= 0.3 is 5.97 Å². The molecule has 0 amide bonds. The van der Waals surface area contributed by atoms with Gasteiger partial charge in [0.2, 0.25) is 0 Å². The van der Waals surface area contributed by atoms with Crippen molar-refractivity contribution < 1.29 is 14.6 Å². The van der Waals surface area contributed by atoms with Crippen molar-refractivity contribution in [2.75, 3.05) is 7.11 Å². The Balaban J connectivity index is 1.86. The van der Waals surface area contributed by atoms with Crippen molar-refractivity contribution in [2.24, 2.45) is 0 Å². The van der Waals surface area contributed by atoms with Crippen LogP contribution in [0.2, 0.25) is 0 Å². The Labute approximate surface area is 135 Å². The van der Waals surface area contributed by atoms with Crippen LogP contribution in [0.25, 0.3) is 11.1 Å². The predicted molar refractivity (Wildman–Crippen MR) is 87.7 cm³/mol. The van der Waals surface area contributed by atoms with Crippen LogP contribution < -0.4 is 4.74 Å². The summed E-state index contributed by atoms with van der Waals surface area (Å²) in [4.78, 5) is 11.0. The number of aliphatic carboxylic acids is 1. The lowest BCUT2D eigenvalue weighted by atomic mass is 9.96. The second-order valence-corrected chi connectivity index (χ2v) is 6.10. The smallest absolute Gasteiger partial charge is 0.307 e. The van der Waals surface area contributed by atoms with E-state index in [2.05, 4.69) is 16.0 Å². The zero-order chi connectivity index (χ0) is 16.2. The third-order valence-corrected chi connectivity index (χ3v) is 4.51. The van der Waals surface area contributed by atoms with E-state index in [9.17, 15) is 4.79 Å². The lowest BCUT2D eigenvalue weighted by Gasteiger charge is -2.21. The summed E-state index contributed by atoms with van der Waals surface area (Å²) in [6.45, 7) is 0. The van der Waals surface area contributed by atoms with Gasteiger partial charge in [-0.3, -0.25) is 9.48 Å². The van der Waals surface area contributed by atoms with E-state index in [0.717, 1.165) is 11.1 Å². The summed E-state index contributed by atoms with van der Waals surface area (Å²) < 4.78 is 7.32. The number of nitrogens with zero attached hydrogens (tertiary/aromatic N) is 2. The number of hydrogen-bond donors (Lipinski definition) is 1. The summed E-state index contributed by atoms with van der Waals surface area (Å²) in [5.41, 5.74) is 2.68. The number of benzene rings is 1. The third-order valence-electron chi connectivity index (χ3n) is 4.51. The Hall–Kier alpha value is -2.30. The molecule has 0 spiro atoms. The maximum absolute atomic E-state index is 11.0. The Morgan fingerprint density at radius 3 is 2.78 bits per heavy atom. The highest BCUT2D eigenvalue weighted by molar-refractivity contribution is 5.73. The molecule has 5 nitrogen and oxygen atoms in total. The minimum absolute atomic E-state index is 0.0478. The van der Waals surface area contributed by atoms with Gasteiger partial charge in [0.1, 0.15) is 5.75 Å². The molecule has 1 aromatic heterocycles. The van der Waals surface area contributed by atoms with Gasteiger partial charge < -0.3 is 9.84 Å². The van der Waals surface area contributed by atoms with Gasteiger partial charge in [0, 0.05) is 17.3 Å². The van der Waals surface area contributed by atoms with Crippen molar-refractivity contribution in [3.05, 3.63) is 36.2 Å². The molecule has 1 aromatic carbocycles. The number of carboxylic acid groups (broad SMARTS) is 1. The molecule has 0 unspecified atom stereocenters. The van der Waals surface area contributed by atoms with E-state index in [1.807, 2.05) is 24.4 Å². The first-order valence-electron chi connectivity index (χ1n) is 8.10. The van der Waals surface area contributed by atoms with Crippen LogP contribution in [-0.2, 0) is 11.2 Å². The van der Waals surface area contributed by atoms with Gasteiger partial charge in [-0.1, -0.05) is 25.3 Å². The van der Waals surface area contributed by atoms with Crippen molar-refractivity contribution in [2.45, 2.75) is 44.6 Å². The fraction of sp³-hybridized carbons (Fsp3) is 0.444. The first kappa shape index (κ1) is 15.6. The molecule has 1 heterocycles. The van der Waals surface area contributed by atoms with Crippen molar-refractivity contribution >= 4 is 5.97 Å². The summed E-state index contributed by atoms with van der Waals surface area (Å²) in [5, 5.41) is 13.6. The number of ether oxygens (including phenoxy) is 1. The van der Waals surface area contributed by atoms with Gasteiger partial charge in [0.15, 0.2) is 0 Å². The van der Waals surface area contributed by atoms with Crippen molar-refractivity contribution in [3.8, 4) is 16.9 Å². The topological polar surface area (TPSA) is 64.4 Å². The first-order chi connectivity index (χ1) is 11.2. The lowest BCUT2D eigenvalue weighted by molar-refractivity contribution is -0.136. The Bertz CT molecular complexity index is 687. The van der Waals surface area contributed by atoms with E-state index >= 15 is 0 Å². The standard InChI is InChI=1S/C18H22N2O3/c1-23-17-8-7-13(9-14(17)10-18(21)22)15-11-19-20(12-15)16-5-3-2-4-6-16/h7-9,11-12,16H,2-6,10H2,1H3,(H,21,22). The molecule has 0 radical (unpaired) electrons. The maximum atomic E-state index is 11.0. The van der Waals surface area contributed by atoms with Crippen LogP contribution in [0.3, 0.4) is 0 Å². The maximum Gasteiger partial charge on any atom is 0.307 e. The largest absolute Gasteiger partial charge is 0.496 e. The predicted octanol–water partition coefficient (Wildman–Crippen LogP) is 3.69. The van der Waals surface area contributed by atoms with Gasteiger partial charge in [0.25, 0.3) is 0 Å². The molecule has 5 heteroatoms. The summed E-state index contributed by atoms with van der Waals surface area (Å²) in [6, 6.07) is 6.15. The van der Waals surface area contributed by atoms with Crippen molar-refractivity contribution in [1.82, 2.24) is 9.78 Å². The molecule has 23 heavy (non-hydrogen) atoms. The number of aromatic nitrogens is 2. The minimum atomic E-state index is -0.863. The van der Waals surface area contributed by atoms with Gasteiger partial charge in [-0.2, -0.15) is 5.10 Å². The number of hydrogen-bond acceptors (Lipinski definition) is 3. The highest BCUT2D eigenvalue weighted by atomic mass is 16.5. The van der Waals surface area contributed by atoms with Crippen LogP contribution in [0.15, 0.2) is 30.6 Å². The van der Waals surface area contributed by atoms with Gasteiger partial charge in [-0.15, -0.1) is 0 Å². The number of rotatable bonds is 5. The van der Waals surface area contributed by atoms with Crippen LogP contribution in [-0.4, -0.2) is 28.0 Å². The van der Waals surface area contributed by atoms with Gasteiger partial charge in [0.05, 0.1) is 25.8 Å². The molecule has 2 aromatic rings. The van der Waals surface area contributed by atoms with E-state index in [1.165, 1.54) is 32.1 Å². The van der Waals surface area contributed by atoms with Crippen LogP contribution >= 0.6 is 0 Å². The number of carbonyl (C=O) groups is 1. The Kier molecular flexibility index (Phi) is 4.65. The molecule has 1 N–H and O–H groups in total. The van der Waals surface area contributed by atoms with Crippen LogP contribution in [0, 0.1) is 0 Å². The van der Waals surface area contributed by atoms with Crippen LogP contribution in [0.4, 0.5) is 0 Å². The van der Waals surface area contributed by atoms with E-state index in [1.54, 1.807) is 7.11 Å². The summed E-state index contributed by atoms with van der Waals surface area (Å²) in [7, 11) is 1.56. The molecule has 122 valence electrons. The zero-order valence-corrected chi connectivity index (χ0v) is 13.4. The fourth-order valence-corrected chi connectivity index (χ4v) is 3.29. The van der Waals surface area contributed by atoms with E-state index in [4.69, 9.17) is 9.84 Å². The molecule has 0 bridgehead atoms. The first-order valence-corrected chi connectivity index (χ1v) is 8.10. The Morgan fingerprint density at radius 2 is 2.09 bits per heavy atom. The number of carboxylic acids is 1. The van der Waals surface area contributed by atoms with Gasteiger partial charge in [-0.25, -0.2) is 0 Å². The summed E-state index contributed by atoms with van der Waals surface area (Å²) in [6.07, 6.45) is 10.1. The van der Waals surface area contributed by atoms with Crippen LogP contribution in [0.5, 0.6) is 5.75 Å². The summed E-state index contributed by atoms with van der Waals surface area (Å²) in [5.74, 6) is -0.255. The average molecular weight is 314 g/mol. The highest BCUT2D eigenvalue weighted by Crippen LogP contribution is 2.31. The molecule has 3 rings (SSSR count). The van der Waals surface area contributed by atoms with E-state index in [-0.39, 0.29) is 6.42 Å². The van der Waals surface area contributed by atoms with Crippen LogP contribution in [0.1, 0.15) is 43.7 Å². The van der Waals surface area contributed by atoms with Gasteiger partial charge in [-0.05, 0) is 30.5 Å². The van der Waals surface area contributed by atoms with Crippen molar-refractivity contribution in [3.63, 3.8) is 0 Å². The second-order valence-electron chi connectivity index (χ2n) is 6.10. The average Bonchev–Trinajstić information content (AvgIpc) is 3.05. The fourth-order valence-electron chi connectivity index (χ4n) is 3.29. The van der Waals surface area contributed by atoms with Crippen molar-refractivity contribution in [1.29, 1.82) is 0 Å². The molecular weight excluding hydrogens is 292 g/mol. The second kappa shape index (κ2) is 6.86. The molecule has 1 aliphatic rings. The number of methoxy groups -OCH3 is 1. The summed E-state index contributed by atoms with van der Waals surface area (Å²) >= 11 is 0. The quantitative estimate of drug-likeness (QED) is 0.914. The Morgan fingerprint density at radius 1 is 1.30 bits per heavy atom. The van der Waals surface area contributed by atoms with E-state index in [0.29, 0.717) is 17.4 Å². The monoisotopic (exact) mass is 314 g/mol. The molecule has 0 saturated heterocycles. The highest BCUT2D eigenvalue weighted by Gasteiger charge is 2.17. The minimum Gasteiger partial charge on any atom is -0.496 e. The third kappa shape index (κ3) is 3.55. The molecule has 0 aliphatic heterocycles. The molecule has 0 atom stereocenters. The zero-order valence-electron chi connectivity index (χ0n) is 13.4. The lowest BCUT2D eigenvalue weighted by Crippen LogP contribution is -2.12. The van der Waals surface area contributed by atoms with E-state index < -0.39 is 5.97 Å². The molecule has 1 saturated carbocycles. The SMILES string of the molecule is COc1ccc(-c2cnn(C3CCCCC3)c2)cc1CC(=O)O. The molecule has 1 fully saturated rings. The molecule has 1 aliphatic carbocycles.